The van der Waals surface area contributed by atoms with Gasteiger partial charge in [-0.3, -0.25) is 4.90 Å². The van der Waals surface area contributed by atoms with Crippen LogP contribution in [0.5, 0.6) is 0 Å². The number of likely N-dealkylation sites (tertiary alicyclic amines) is 1. The maximum absolute atomic E-state index is 8.85. The number of hydrogen-bond donors (Lipinski definition) is 2. The van der Waals surface area contributed by atoms with Crippen molar-refractivity contribution in [3.63, 3.8) is 0 Å². The first-order chi connectivity index (χ1) is 9.59. The van der Waals surface area contributed by atoms with Crippen LogP contribution in [-0.2, 0) is 13.1 Å². The van der Waals surface area contributed by atoms with E-state index >= 15 is 0 Å². The zero-order valence-electron chi connectivity index (χ0n) is 12.3. The fraction of sp³-hybridized carbons (Fsp3) is 0.769. The van der Waals surface area contributed by atoms with Crippen LogP contribution in [0.4, 0.5) is 0 Å². The summed E-state index contributed by atoms with van der Waals surface area (Å²) in [6.45, 7) is 7.75. The third-order valence-corrected chi connectivity index (χ3v) is 4.18. The van der Waals surface area contributed by atoms with Crippen molar-refractivity contribution < 1.29 is 5.21 Å². The summed E-state index contributed by atoms with van der Waals surface area (Å²) in [4.78, 5) is 6.69. The highest BCUT2D eigenvalue weighted by Crippen LogP contribution is 2.31. The van der Waals surface area contributed by atoms with Crippen LogP contribution in [0.15, 0.2) is 11.5 Å². The number of hydrogen-bond acceptors (Lipinski definition) is 5. The van der Waals surface area contributed by atoms with Gasteiger partial charge < -0.3 is 10.9 Å². The molecular weight excluding hydrogens is 256 g/mol. The first-order valence-electron chi connectivity index (χ1n) is 7.16. The zero-order valence-corrected chi connectivity index (χ0v) is 12.3. The molecule has 0 radical (unpaired) electrons. The molecule has 1 aliphatic heterocycles. The predicted molar refractivity (Wildman–Crippen MR) is 76.3 cm³/mol. The van der Waals surface area contributed by atoms with Crippen molar-refractivity contribution in [2.45, 2.75) is 46.2 Å². The third kappa shape index (κ3) is 3.09. The minimum atomic E-state index is -0.192. The lowest BCUT2D eigenvalue weighted by Gasteiger charge is -2.38. The van der Waals surface area contributed by atoms with Crippen LogP contribution in [0.3, 0.4) is 0 Å². The van der Waals surface area contributed by atoms with E-state index in [9.17, 15) is 0 Å². The summed E-state index contributed by atoms with van der Waals surface area (Å²) >= 11 is 0. The van der Waals surface area contributed by atoms with E-state index in [2.05, 4.69) is 34.0 Å². The molecule has 7 nitrogen and oxygen atoms in total. The average molecular weight is 280 g/mol. The lowest BCUT2D eigenvalue weighted by molar-refractivity contribution is 0.148. The molecule has 112 valence electrons. The van der Waals surface area contributed by atoms with Crippen molar-refractivity contribution in [3.8, 4) is 0 Å². The van der Waals surface area contributed by atoms with Crippen molar-refractivity contribution in [2.24, 2.45) is 16.3 Å². The van der Waals surface area contributed by atoms with Crippen LogP contribution in [0.2, 0.25) is 0 Å². The third-order valence-electron chi connectivity index (χ3n) is 4.18. The Morgan fingerprint density at radius 1 is 1.50 bits per heavy atom. The molecule has 7 heteroatoms. The average Bonchev–Trinajstić information content (AvgIpc) is 2.88. The molecule has 3 N–H and O–H groups in total. The molecule has 2 heterocycles. The maximum atomic E-state index is 8.85. The number of nitrogens with two attached hydrogens (primary N) is 1. The number of aromatic nitrogens is 3. The van der Waals surface area contributed by atoms with Crippen LogP contribution in [0, 0.1) is 5.41 Å². The maximum Gasteiger partial charge on any atom is 0.145 e. The molecule has 0 amide bonds. The van der Waals surface area contributed by atoms with Gasteiger partial charge in [0.2, 0.25) is 0 Å². The van der Waals surface area contributed by atoms with Gasteiger partial charge in [0.05, 0.1) is 6.54 Å². The van der Waals surface area contributed by atoms with E-state index in [0.717, 1.165) is 51.3 Å². The van der Waals surface area contributed by atoms with Crippen LogP contribution in [0.1, 0.15) is 38.9 Å². The summed E-state index contributed by atoms with van der Waals surface area (Å²) < 4.78 is 1.97. The molecule has 2 rings (SSSR count). The van der Waals surface area contributed by atoms with Crippen LogP contribution < -0.4 is 5.73 Å². The van der Waals surface area contributed by atoms with Crippen LogP contribution >= 0.6 is 0 Å². The standard InChI is InChI=1S/C13H24N6O/c1-3-6-19-11(15-10-16-19)9-18-7-4-13(2,5-8-18)12(14)17-20/h10,20H,3-9H2,1-2H3,(H2,14,17). The molecule has 0 bridgehead atoms. The van der Waals surface area contributed by atoms with E-state index in [1.54, 1.807) is 6.33 Å². The first-order valence-corrected chi connectivity index (χ1v) is 7.16. The Balaban J connectivity index is 1.93. The highest BCUT2D eigenvalue weighted by atomic mass is 16.4. The number of rotatable bonds is 5. The molecule has 1 saturated heterocycles. The molecule has 0 aromatic carbocycles. The van der Waals surface area contributed by atoms with Crippen molar-refractivity contribution in [2.75, 3.05) is 13.1 Å². The van der Waals surface area contributed by atoms with Gasteiger partial charge in [0.25, 0.3) is 0 Å². The second-order valence-electron chi connectivity index (χ2n) is 5.72. The van der Waals surface area contributed by atoms with Crippen molar-refractivity contribution in [1.29, 1.82) is 0 Å². The van der Waals surface area contributed by atoms with Gasteiger partial charge in [0.15, 0.2) is 0 Å². The largest absolute Gasteiger partial charge is 0.409 e. The molecule has 0 atom stereocenters. The van der Waals surface area contributed by atoms with Crippen LogP contribution in [-0.4, -0.2) is 43.8 Å². The Labute approximate surface area is 119 Å². The van der Waals surface area contributed by atoms with E-state index in [4.69, 9.17) is 10.9 Å². The molecule has 0 aliphatic carbocycles. The molecular formula is C13H24N6O. The Kier molecular flexibility index (Phi) is 4.59. The Morgan fingerprint density at radius 3 is 2.80 bits per heavy atom. The van der Waals surface area contributed by atoms with E-state index in [0.29, 0.717) is 5.84 Å². The Bertz CT molecular complexity index is 461. The van der Waals surface area contributed by atoms with Gasteiger partial charge in [0, 0.05) is 12.0 Å². The lowest BCUT2D eigenvalue weighted by Crippen LogP contribution is -2.45. The minimum Gasteiger partial charge on any atom is -0.409 e. The highest BCUT2D eigenvalue weighted by molar-refractivity contribution is 5.85. The molecule has 20 heavy (non-hydrogen) atoms. The fourth-order valence-corrected chi connectivity index (χ4v) is 2.59. The molecule has 1 fully saturated rings. The summed E-state index contributed by atoms with van der Waals surface area (Å²) in [6, 6.07) is 0. The normalized spacial score (nSPS) is 20.2. The molecule has 1 aliphatic rings. The number of oxime groups is 1. The second-order valence-corrected chi connectivity index (χ2v) is 5.72. The van der Waals surface area contributed by atoms with E-state index in [1.165, 1.54) is 0 Å². The summed E-state index contributed by atoms with van der Waals surface area (Å²) in [5.74, 6) is 1.35. The van der Waals surface area contributed by atoms with E-state index < -0.39 is 0 Å². The monoisotopic (exact) mass is 280 g/mol. The summed E-state index contributed by atoms with van der Waals surface area (Å²) in [6.07, 6.45) is 4.46. The lowest BCUT2D eigenvalue weighted by atomic mass is 9.79. The number of piperidine rings is 1. The van der Waals surface area contributed by atoms with Gasteiger partial charge in [0.1, 0.15) is 18.0 Å². The summed E-state index contributed by atoms with van der Waals surface area (Å²) in [5, 5.41) is 16.3. The minimum absolute atomic E-state index is 0.192. The molecule has 1 aromatic rings. The van der Waals surface area contributed by atoms with Crippen LogP contribution in [0.25, 0.3) is 0 Å². The summed E-state index contributed by atoms with van der Waals surface area (Å²) in [5.41, 5.74) is 5.59. The number of nitrogens with zero attached hydrogens (tertiary/aromatic N) is 5. The first kappa shape index (κ1) is 14.8. The predicted octanol–water partition coefficient (Wildman–Crippen LogP) is 1.04. The van der Waals surface area contributed by atoms with Crippen molar-refractivity contribution in [1.82, 2.24) is 19.7 Å². The Morgan fingerprint density at radius 2 is 2.20 bits per heavy atom. The molecule has 0 unspecified atom stereocenters. The van der Waals surface area contributed by atoms with E-state index in [-0.39, 0.29) is 5.41 Å². The number of aryl methyl sites for hydroxylation is 1. The van der Waals surface area contributed by atoms with Gasteiger partial charge in [-0.25, -0.2) is 9.67 Å². The number of amidine groups is 1. The SMILES string of the molecule is CCCn1ncnc1CN1CCC(C)(C(N)=NO)CC1. The topological polar surface area (TPSA) is 92.6 Å². The summed E-state index contributed by atoms with van der Waals surface area (Å²) in [7, 11) is 0. The molecule has 1 aromatic heterocycles. The van der Waals surface area contributed by atoms with Gasteiger partial charge >= 0.3 is 0 Å². The van der Waals surface area contributed by atoms with Crippen molar-refractivity contribution in [3.05, 3.63) is 12.2 Å². The van der Waals surface area contributed by atoms with Crippen molar-refractivity contribution >= 4 is 5.84 Å². The van der Waals surface area contributed by atoms with Gasteiger partial charge in [-0.15, -0.1) is 0 Å². The van der Waals surface area contributed by atoms with Gasteiger partial charge in [-0.2, -0.15) is 5.10 Å². The second kappa shape index (κ2) is 6.21. The molecule has 0 spiro atoms. The smallest absolute Gasteiger partial charge is 0.145 e. The molecule has 0 saturated carbocycles. The van der Waals surface area contributed by atoms with E-state index in [1.807, 2.05) is 4.68 Å². The Hall–Kier alpha value is -1.63. The quantitative estimate of drug-likeness (QED) is 0.364. The van der Waals surface area contributed by atoms with Gasteiger partial charge in [-0.1, -0.05) is 19.0 Å². The van der Waals surface area contributed by atoms with Gasteiger partial charge in [-0.05, 0) is 32.4 Å². The zero-order chi connectivity index (χ0) is 14.6. The fourth-order valence-electron chi connectivity index (χ4n) is 2.59. The highest BCUT2D eigenvalue weighted by Gasteiger charge is 2.34.